The first-order valence-corrected chi connectivity index (χ1v) is 12.5. The van der Waals surface area contributed by atoms with E-state index in [1.807, 2.05) is 60.7 Å². The molecule has 3 atom stereocenters. The summed E-state index contributed by atoms with van der Waals surface area (Å²) in [6.07, 6.45) is -0.986. The average Bonchev–Trinajstić information content (AvgIpc) is 3.44. The normalized spacial score (nSPS) is 21.0. The summed E-state index contributed by atoms with van der Waals surface area (Å²) in [6, 6.07) is 26.9. The van der Waals surface area contributed by atoms with Crippen LogP contribution in [0, 0.1) is 5.92 Å². The first-order chi connectivity index (χ1) is 18.0. The molecule has 0 spiro atoms. The van der Waals surface area contributed by atoms with Crippen LogP contribution in [0.4, 0.5) is 11.4 Å². The van der Waals surface area contributed by atoms with E-state index >= 15 is 0 Å². The van der Waals surface area contributed by atoms with Gasteiger partial charge in [-0.05, 0) is 53.4 Å². The minimum atomic E-state index is -0.986. The maximum atomic E-state index is 14.0. The second-order valence-electron chi connectivity index (χ2n) is 8.92. The zero-order valence-corrected chi connectivity index (χ0v) is 21.3. The SMILES string of the molecule is COC(=O)c1ccc([C@@H]2[C@H]3C(=O)N(c4cccc5ccccc45)C(=O)[C@@H]3ON2c2ccc(Br)cc2)cc1. The van der Waals surface area contributed by atoms with Crippen LogP contribution in [-0.4, -0.2) is 31.0 Å². The number of hydrogen-bond donors (Lipinski definition) is 0. The zero-order valence-electron chi connectivity index (χ0n) is 19.7. The Bertz CT molecular complexity index is 1530. The molecule has 8 heteroatoms. The number of hydrogen-bond acceptors (Lipinski definition) is 6. The number of rotatable bonds is 4. The van der Waals surface area contributed by atoms with Gasteiger partial charge in [-0.15, -0.1) is 0 Å². The third-order valence-corrected chi connectivity index (χ3v) is 7.41. The molecular weight excluding hydrogens is 536 g/mol. The smallest absolute Gasteiger partial charge is 0.337 e. The first kappa shape index (κ1) is 23.4. The molecule has 0 radical (unpaired) electrons. The van der Waals surface area contributed by atoms with Crippen LogP contribution in [0.1, 0.15) is 22.0 Å². The van der Waals surface area contributed by atoms with Crippen molar-refractivity contribution in [1.82, 2.24) is 0 Å². The van der Waals surface area contributed by atoms with Crippen LogP contribution in [0.25, 0.3) is 10.8 Å². The van der Waals surface area contributed by atoms with Gasteiger partial charge in [0.05, 0.1) is 30.1 Å². The van der Waals surface area contributed by atoms with Crippen molar-refractivity contribution in [3.05, 3.63) is 107 Å². The van der Waals surface area contributed by atoms with E-state index in [0.717, 1.165) is 20.8 Å². The number of carbonyl (C=O) groups is 3. The van der Waals surface area contributed by atoms with Crippen LogP contribution in [0.2, 0.25) is 0 Å². The Balaban J connectivity index is 1.44. The van der Waals surface area contributed by atoms with Gasteiger partial charge in [0.15, 0.2) is 6.10 Å². The highest BCUT2D eigenvalue weighted by atomic mass is 79.9. The van der Waals surface area contributed by atoms with Crippen molar-refractivity contribution in [2.75, 3.05) is 17.1 Å². The van der Waals surface area contributed by atoms with Crippen molar-refractivity contribution in [1.29, 1.82) is 0 Å². The third kappa shape index (κ3) is 3.80. The summed E-state index contributed by atoms with van der Waals surface area (Å²) >= 11 is 3.45. The molecule has 0 aromatic heterocycles. The number of nitrogens with zero attached hydrogens (tertiary/aromatic N) is 2. The second kappa shape index (κ2) is 9.14. The molecule has 4 aromatic rings. The van der Waals surface area contributed by atoms with Crippen molar-refractivity contribution in [3.8, 4) is 0 Å². The van der Waals surface area contributed by atoms with Gasteiger partial charge in [-0.25, -0.2) is 14.8 Å². The fourth-order valence-corrected chi connectivity index (χ4v) is 5.40. The molecule has 2 aliphatic heterocycles. The number of fused-ring (bicyclic) bond motifs is 2. The van der Waals surface area contributed by atoms with Gasteiger partial charge < -0.3 is 4.74 Å². The topological polar surface area (TPSA) is 76.2 Å². The van der Waals surface area contributed by atoms with Gasteiger partial charge in [0, 0.05) is 9.86 Å². The molecule has 0 saturated carbocycles. The van der Waals surface area contributed by atoms with Gasteiger partial charge in [-0.3, -0.25) is 14.4 Å². The van der Waals surface area contributed by atoms with E-state index in [-0.39, 0.29) is 5.91 Å². The third-order valence-electron chi connectivity index (χ3n) is 6.88. The summed E-state index contributed by atoms with van der Waals surface area (Å²) in [4.78, 5) is 47.2. The largest absolute Gasteiger partial charge is 0.465 e. The Morgan fingerprint density at radius 1 is 0.865 bits per heavy atom. The molecule has 7 nitrogen and oxygen atoms in total. The molecule has 0 N–H and O–H groups in total. The molecule has 0 bridgehead atoms. The maximum Gasteiger partial charge on any atom is 0.337 e. The molecule has 0 aliphatic carbocycles. The van der Waals surface area contributed by atoms with Crippen LogP contribution >= 0.6 is 15.9 Å². The number of hydroxylamine groups is 1. The Hall–Kier alpha value is -4.01. The molecule has 6 rings (SSSR count). The lowest BCUT2D eigenvalue weighted by atomic mass is 9.90. The van der Waals surface area contributed by atoms with Gasteiger partial charge in [-0.1, -0.05) is 64.5 Å². The average molecular weight is 557 g/mol. The molecule has 2 fully saturated rings. The van der Waals surface area contributed by atoms with Gasteiger partial charge in [0.25, 0.3) is 5.91 Å². The van der Waals surface area contributed by atoms with E-state index < -0.39 is 29.9 Å². The fourth-order valence-electron chi connectivity index (χ4n) is 5.14. The van der Waals surface area contributed by atoms with Gasteiger partial charge in [0.2, 0.25) is 5.91 Å². The van der Waals surface area contributed by atoms with Crippen LogP contribution in [0.5, 0.6) is 0 Å². The molecular formula is C29H21BrN2O5. The first-order valence-electron chi connectivity index (χ1n) is 11.7. The molecule has 2 amide bonds. The lowest BCUT2D eigenvalue weighted by molar-refractivity contribution is -0.126. The predicted octanol–water partition coefficient (Wildman–Crippen LogP) is 5.44. The van der Waals surface area contributed by atoms with E-state index in [2.05, 4.69) is 15.9 Å². The van der Waals surface area contributed by atoms with Crippen molar-refractivity contribution < 1.29 is 24.0 Å². The Morgan fingerprint density at radius 3 is 2.30 bits per heavy atom. The molecule has 4 aromatic carbocycles. The van der Waals surface area contributed by atoms with E-state index in [1.165, 1.54) is 12.0 Å². The number of amides is 2. The van der Waals surface area contributed by atoms with Crippen LogP contribution in [0.3, 0.4) is 0 Å². The number of anilines is 2. The highest BCUT2D eigenvalue weighted by Crippen LogP contribution is 2.48. The summed E-state index contributed by atoms with van der Waals surface area (Å²) in [5.74, 6) is -1.96. The number of esters is 1. The Morgan fingerprint density at radius 2 is 1.57 bits per heavy atom. The lowest BCUT2D eigenvalue weighted by Crippen LogP contribution is -2.37. The van der Waals surface area contributed by atoms with Crippen molar-refractivity contribution >= 4 is 55.9 Å². The second-order valence-corrected chi connectivity index (χ2v) is 9.84. The quantitative estimate of drug-likeness (QED) is 0.246. The highest BCUT2D eigenvalue weighted by Gasteiger charge is 2.60. The summed E-state index contributed by atoms with van der Waals surface area (Å²) in [5, 5.41) is 3.38. The molecule has 2 saturated heterocycles. The molecule has 2 aliphatic rings. The molecule has 2 heterocycles. The lowest BCUT2D eigenvalue weighted by Gasteiger charge is -2.29. The van der Waals surface area contributed by atoms with E-state index in [1.54, 1.807) is 35.4 Å². The van der Waals surface area contributed by atoms with Gasteiger partial charge in [-0.2, -0.15) is 0 Å². The number of benzene rings is 4. The Labute approximate surface area is 221 Å². The van der Waals surface area contributed by atoms with Crippen molar-refractivity contribution in [3.63, 3.8) is 0 Å². The number of carbonyl (C=O) groups excluding carboxylic acids is 3. The van der Waals surface area contributed by atoms with Crippen LogP contribution < -0.4 is 9.96 Å². The summed E-state index contributed by atoms with van der Waals surface area (Å²) in [7, 11) is 1.32. The van der Waals surface area contributed by atoms with E-state index in [9.17, 15) is 14.4 Å². The van der Waals surface area contributed by atoms with E-state index in [4.69, 9.17) is 9.57 Å². The molecule has 0 unspecified atom stereocenters. The van der Waals surface area contributed by atoms with E-state index in [0.29, 0.717) is 16.9 Å². The molecule has 37 heavy (non-hydrogen) atoms. The summed E-state index contributed by atoms with van der Waals surface area (Å²) in [6.45, 7) is 0. The summed E-state index contributed by atoms with van der Waals surface area (Å²) in [5.41, 5.74) is 2.38. The zero-order chi connectivity index (χ0) is 25.7. The summed E-state index contributed by atoms with van der Waals surface area (Å²) < 4.78 is 5.71. The molecule has 184 valence electrons. The Kier molecular flexibility index (Phi) is 5.78. The van der Waals surface area contributed by atoms with Gasteiger partial charge in [0.1, 0.15) is 5.92 Å². The maximum absolute atomic E-state index is 14.0. The minimum Gasteiger partial charge on any atom is -0.465 e. The number of halogens is 1. The van der Waals surface area contributed by atoms with Crippen molar-refractivity contribution in [2.24, 2.45) is 5.92 Å². The monoisotopic (exact) mass is 556 g/mol. The standard InChI is InChI=1S/C29H21BrN2O5/c1-36-29(35)19-11-9-18(10-12-19)25-24-26(37-32(25)21-15-13-20(30)14-16-21)28(34)31(27(24)33)23-8-4-6-17-5-2-3-7-22(17)23/h2-16,24-26H,1H3/t24-,25-,26-/m1/s1. The van der Waals surface area contributed by atoms with Crippen LogP contribution in [-0.2, 0) is 19.2 Å². The predicted molar refractivity (Wildman–Crippen MR) is 142 cm³/mol. The van der Waals surface area contributed by atoms with Crippen LogP contribution in [0.15, 0.2) is 95.5 Å². The van der Waals surface area contributed by atoms with Gasteiger partial charge >= 0.3 is 5.97 Å². The number of ether oxygens (including phenoxy) is 1. The number of methoxy groups -OCH3 is 1. The number of imide groups is 1. The minimum absolute atomic E-state index is 0.326. The van der Waals surface area contributed by atoms with Crippen molar-refractivity contribution in [2.45, 2.75) is 12.1 Å². The fraction of sp³-hybridized carbons (Fsp3) is 0.138. The highest BCUT2D eigenvalue weighted by molar-refractivity contribution is 9.10.